The molecular formula is C33H30ClF5N4O5. The second-order valence-corrected chi connectivity index (χ2v) is 11.3. The van der Waals surface area contributed by atoms with E-state index in [1.54, 1.807) is 0 Å². The zero-order valence-corrected chi connectivity index (χ0v) is 26.5. The maximum Gasteiger partial charge on any atom is 0.452 e. The highest BCUT2D eigenvalue weighted by molar-refractivity contribution is 6.30. The highest BCUT2D eigenvalue weighted by Crippen LogP contribution is 2.30. The summed E-state index contributed by atoms with van der Waals surface area (Å²) in [6, 6.07) is 11.8. The number of nitrogens with one attached hydrogen (secondary N) is 3. The van der Waals surface area contributed by atoms with Crippen molar-refractivity contribution in [1.29, 1.82) is 5.26 Å². The van der Waals surface area contributed by atoms with E-state index in [9.17, 15) is 37.6 Å². The lowest BCUT2D eigenvalue weighted by atomic mass is 9.97. The van der Waals surface area contributed by atoms with Crippen LogP contribution < -0.4 is 20.7 Å². The number of nitriles is 1. The number of nitrogens with zero attached hydrogens (tertiary/aromatic N) is 1. The summed E-state index contributed by atoms with van der Waals surface area (Å²) < 4.78 is 75.7. The molecule has 2 unspecified atom stereocenters. The molecule has 15 heteroatoms. The van der Waals surface area contributed by atoms with Crippen LogP contribution in [-0.4, -0.2) is 48.9 Å². The largest absolute Gasteiger partial charge is 0.497 e. The van der Waals surface area contributed by atoms with Gasteiger partial charge in [-0.2, -0.15) is 27.2 Å². The van der Waals surface area contributed by atoms with Crippen LogP contribution in [-0.2, 0) is 31.5 Å². The first kappa shape index (κ1) is 37.4. The van der Waals surface area contributed by atoms with Gasteiger partial charge in [0, 0.05) is 17.0 Å². The number of halogens is 6. The molecule has 0 aliphatic carbocycles. The lowest BCUT2D eigenvalue weighted by molar-refractivity contribution is -0.175. The highest BCUT2D eigenvalue weighted by atomic mass is 35.5. The van der Waals surface area contributed by atoms with Crippen molar-refractivity contribution in [2.45, 2.75) is 50.5 Å². The normalized spacial score (nSPS) is 13.4. The van der Waals surface area contributed by atoms with Crippen LogP contribution in [0.2, 0.25) is 5.02 Å². The molecule has 3 N–H and O–H groups in total. The van der Waals surface area contributed by atoms with Crippen LogP contribution in [0, 0.1) is 17.2 Å². The Kier molecular flexibility index (Phi) is 12.2. The van der Waals surface area contributed by atoms with Gasteiger partial charge in [0.2, 0.25) is 11.8 Å². The number of Topliss-reactive ketones (excluding diaryl/α,β-unsaturated/α-hetero) is 1. The second kappa shape index (κ2) is 15.7. The number of carbonyl (C=O) groups excluding carboxylic acids is 4. The van der Waals surface area contributed by atoms with Crippen LogP contribution in [0.3, 0.4) is 0 Å². The van der Waals surface area contributed by atoms with Crippen molar-refractivity contribution >= 4 is 35.1 Å². The lowest BCUT2D eigenvalue weighted by Crippen LogP contribution is -2.56. The van der Waals surface area contributed by atoms with Crippen LogP contribution >= 0.6 is 11.6 Å². The van der Waals surface area contributed by atoms with Gasteiger partial charge in [-0.1, -0.05) is 67.9 Å². The topological polar surface area (TPSA) is 137 Å². The van der Waals surface area contributed by atoms with E-state index in [1.165, 1.54) is 81.6 Å². The fourth-order valence-electron chi connectivity index (χ4n) is 4.59. The third-order valence-electron chi connectivity index (χ3n) is 7.18. The predicted octanol–water partition coefficient (Wildman–Crippen LogP) is 5.17. The molecule has 0 bridgehead atoms. The van der Waals surface area contributed by atoms with E-state index in [0.29, 0.717) is 5.75 Å². The summed E-state index contributed by atoms with van der Waals surface area (Å²) in [5, 5.41) is 15.8. The Labute approximate surface area is 277 Å². The van der Waals surface area contributed by atoms with Crippen LogP contribution in [0.4, 0.5) is 22.0 Å². The molecule has 0 saturated heterocycles. The number of rotatable bonds is 13. The average molecular weight is 693 g/mol. The first-order valence-electron chi connectivity index (χ1n) is 14.3. The Morgan fingerprint density at radius 2 is 1.52 bits per heavy atom. The minimum atomic E-state index is -5.29. The molecule has 254 valence electrons. The third kappa shape index (κ3) is 9.28. The molecule has 3 amide bonds. The molecule has 0 aliphatic heterocycles. The molecule has 0 saturated carbocycles. The molecule has 0 heterocycles. The first-order chi connectivity index (χ1) is 22.5. The molecule has 48 heavy (non-hydrogen) atoms. The van der Waals surface area contributed by atoms with Gasteiger partial charge in [-0.05, 0) is 47.4 Å². The van der Waals surface area contributed by atoms with Crippen molar-refractivity contribution in [1.82, 2.24) is 16.0 Å². The van der Waals surface area contributed by atoms with Gasteiger partial charge in [-0.3, -0.25) is 19.2 Å². The molecule has 0 aromatic heterocycles. The van der Waals surface area contributed by atoms with Crippen molar-refractivity contribution in [3.63, 3.8) is 0 Å². The van der Waals surface area contributed by atoms with E-state index in [0.717, 1.165) is 12.1 Å². The first-order valence-corrected chi connectivity index (χ1v) is 14.7. The predicted molar refractivity (Wildman–Crippen MR) is 164 cm³/mol. The van der Waals surface area contributed by atoms with Gasteiger partial charge in [0.15, 0.2) is 0 Å². The number of benzene rings is 3. The van der Waals surface area contributed by atoms with Crippen molar-refractivity contribution in [3.8, 4) is 11.8 Å². The van der Waals surface area contributed by atoms with Crippen molar-refractivity contribution in [2.24, 2.45) is 5.92 Å². The van der Waals surface area contributed by atoms with Gasteiger partial charge in [0.05, 0.1) is 24.8 Å². The number of ether oxygens (including phenoxy) is 1. The molecule has 0 radical (unpaired) electrons. The van der Waals surface area contributed by atoms with Gasteiger partial charge < -0.3 is 20.7 Å². The highest BCUT2D eigenvalue weighted by Gasteiger charge is 2.46. The van der Waals surface area contributed by atoms with Crippen LogP contribution in [0.25, 0.3) is 0 Å². The monoisotopic (exact) mass is 692 g/mol. The second-order valence-electron chi connectivity index (χ2n) is 10.9. The number of carbonyl (C=O) groups is 4. The van der Waals surface area contributed by atoms with Gasteiger partial charge in [0.1, 0.15) is 17.8 Å². The maximum absolute atomic E-state index is 15.3. The number of hydrogen-bond donors (Lipinski definition) is 3. The SMILES string of the molecule is COc1ccc(C(NC(=O)C(Cc2ccccc2C#N)NC(=O)C(F)(F)c2cccc(Cl)c2)C(=O)N[C@H](C(=O)C(F)(F)F)C(C)C)cc1. The van der Waals surface area contributed by atoms with Crippen LogP contribution in [0.15, 0.2) is 72.8 Å². The summed E-state index contributed by atoms with van der Waals surface area (Å²) in [6.07, 6.45) is -5.80. The van der Waals surface area contributed by atoms with E-state index in [1.807, 2.05) is 16.7 Å². The number of amides is 3. The molecule has 3 atom stereocenters. The molecule has 9 nitrogen and oxygen atoms in total. The Hall–Kier alpha value is -5.03. The maximum atomic E-state index is 15.3. The summed E-state index contributed by atoms with van der Waals surface area (Å²) in [5.41, 5.74) is -0.544. The summed E-state index contributed by atoms with van der Waals surface area (Å²) in [7, 11) is 1.35. The molecular weight excluding hydrogens is 663 g/mol. The quantitative estimate of drug-likeness (QED) is 0.212. The van der Waals surface area contributed by atoms with Gasteiger partial charge >= 0.3 is 12.1 Å². The molecule has 3 rings (SSSR count). The van der Waals surface area contributed by atoms with Gasteiger partial charge in [0.25, 0.3) is 11.7 Å². The summed E-state index contributed by atoms with van der Waals surface area (Å²) in [4.78, 5) is 52.5. The van der Waals surface area contributed by atoms with E-state index in [4.69, 9.17) is 16.3 Å². The Morgan fingerprint density at radius 1 is 0.875 bits per heavy atom. The Morgan fingerprint density at radius 3 is 2.08 bits per heavy atom. The summed E-state index contributed by atoms with van der Waals surface area (Å²) in [5.74, 6) is -11.5. The van der Waals surface area contributed by atoms with Crippen molar-refractivity contribution < 1.29 is 45.9 Å². The van der Waals surface area contributed by atoms with E-state index < -0.39 is 71.6 Å². The average Bonchev–Trinajstić information content (AvgIpc) is 3.04. The molecule has 3 aromatic carbocycles. The van der Waals surface area contributed by atoms with Crippen molar-refractivity contribution in [3.05, 3.63) is 100 Å². The van der Waals surface area contributed by atoms with Crippen LogP contribution in [0.5, 0.6) is 5.75 Å². The number of methoxy groups -OCH3 is 1. The minimum Gasteiger partial charge on any atom is -0.497 e. The number of alkyl halides is 5. The molecule has 0 spiro atoms. The van der Waals surface area contributed by atoms with Gasteiger partial charge in [-0.15, -0.1) is 0 Å². The van der Waals surface area contributed by atoms with E-state index in [-0.39, 0.29) is 21.7 Å². The zero-order chi connectivity index (χ0) is 35.8. The smallest absolute Gasteiger partial charge is 0.452 e. The lowest BCUT2D eigenvalue weighted by Gasteiger charge is -2.28. The Balaban J connectivity index is 2.03. The zero-order valence-electron chi connectivity index (χ0n) is 25.7. The van der Waals surface area contributed by atoms with E-state index >= 15 is 8.78 Å². The Bertz CT molecular complexity index is 1690. The summed E-state index contributed by atoms with van der Waals surface area (Å²) >= 11 is 5.83. The molecule has 3 aromatic rings. The number of ketones is 1. The minimum absolute atomic E-state index is 0.00960. The number of hydrogen-bond acceptors (Lipinski definition) is 6. The standard InChI is InChI=1S/C33H30ClF5N4O5/c1-18(2)26(28(44)33(37,38)39)42-30(46)27(19-11-13-24(48-3)14-12-19)43-29(45)25(15-20-7-4-5-8-21(20)17-40)41-31(47)32(35,36)22-9-6-10-23(34)16-22/h4-14,16,18,25-27H,15H2,1-3H3,(H,41,47)(H,42,46)(H,43,45)/t25?,26-,27?/m0/s1. The summed E-state index contributed by atoms with van der Waals surface area (Å²) in [6.45, 7) is 2.54. The fourth-order valence-corrected chi connectivity index (χ4v) is 4.78. The van der Waals surface area contributed by atoms with Crippen molar-refractivity contribution in [2.75, 3.05) is 7.11 Å². The molecule has 0 aliphatic rings. The van der Waals surface area contributed by atoms with Crippen LogP contribution in [0.1, 0.15) is 42.1 Å². The van der Waals surface area contributed by atoms with E-state index in [2.05, 4.69) is 5.32 Å². The third-order valence-corrected chi connectivity index (χ3v) is 7.42. The van der Waals surface area contributed by atoms with Gasteiger partial charge in [-0.25, -0.2) is 0 Å². The fraction of sp³-hybridized carbons (Fsp3) is 0.303. The molecule has 0 fully saturated rings.